The van der Waals surface area contributed by atoms with E-state index in [0.717, 1.165) is 25.7 Å². The molecule has 1 amide bonds. The van der Waals surface area contributed by atoms with Crippen LogP contribution in [0.3, 0.4) is 0 Å². The van der Waals surface area contributed by atoms with E-state index in [-0.39, 0.29) is 29.7 Å². The minimum absolute atomic E-state index is 0.0415. The van der Waals surface area contributed by atoms with Crippen molar-refractivity contribution in [1.82, 2.24) is 15.1 Å². The molecule has 5 nitrogen and oxygen atoms in total. The molecule has 0 bridgehead atoms. The molecule has 1 fully saturated rings. The Hall–Kier alpha value is -1.50. The Labute approximate surface area is 141 Å². The first-order valence-electron chi connectivity index (χ1n) is 8.65. The summed E-state index contributed by atoms with van der Waals surface area (Å²) in [5, 5.41) is 16.0. The number of carbonyl (C=O) groups is 1. The molecule has 24 heavy (non-hydrogen) atoms. The Morgan fingerprint density at radius 2 is 2.12 bits per heavy atom. The van der Waals surface area contributed by atoms with Gasteiger partial charge in [-0.2, -0.15) is 5.10 Å². The maximum absolute atomic E-state index is 13.4. The molecule has 1 heterocycles. The van der Waals surface area contributed by atoms with E-state index in [4.69, 9.17) is 0 Å². The van der Waals surface area contributed by atoms with Crippen LogP contribution in [0.4, 0.5) is 8.78 Å². The van der Waals surface area contributed by atoms with Gasteiger partial charge in [-0.3, -0.25) is 9.48 Å². The van der Waals surface area contributed by atoms with Gasteiger partial charge in [0.15, 0.2) is 0 Å². The second kappa shape index (κ2) is 8.55. The molecule has 0 radical (unpaired) electrons. The molecule has 0 aliphatic heterocycles. The number of nitrogens with one attached hydrogen (secondary N) is 1. The fraction of sp³-hybridized carbons (Fsp3) is 0.765. The van der Waals surface area contributed by atoms with Crippen LogP contribution in [0, 0.1) is 17.8 Å². The lowest BCUT2D eigenvalue weighted by Gasteiger charge is -2.27. The molecular formula is C17H27F2N3O2. The SMILES string of the molecule is CC(C)Cn1ncc(C(=O)NC[C@H]2CCC[C@@H](CO)C2)c1C(F)F. The number of amides is 1. The van der Waals surface area contributed by atoms with E-state index in [1.54, 1.807) is 0 Å². The highest BCUT2D eigenvalue weighted by Gasteiger charge is 2.26. The van der Waals surface area contributed by atoms with Gasteiger partial charge < -0.3 is 10.4 Å². The van der Waals surface area contributed by atoms with E-state index >= 15 is 0 Å². The van der Waals surface area contributed by atoms with Crippen LogP contribution in [0.5, 0.6) is 0 Å². The maximum Gasteiger partial charge on any atom is 0.280 e. The molecule has 0 spiro atoms. The van der Waals surface area contributed by atoms with Crippen LogP contribution < -0.4 is 5.32 Å². The minimum atomic E-state index is -2.74. The smallest absolute Gasteiger partial charge is 0.280 e. The zero-order valence-electron chi connectivity index (χ0n) is 14.3. The van der Waals surface area contributed by atoms with Crippen molar-refractivity contribution >= 4 is 5.91 Å². The summed E-state index contributed by atoms with van der Waals surface area (Å²) in [7, 11) is 0. The third-order valence-electron chi connectivity index (χ3n) is 4.57. The summed E-state index contributed by atoms with van der Waals surface area (Å²) in [5.74, 6) is 0.244. The number of aliphatic hydroxyl groups is 1. The minimum Gasteiger partial charge on any atom is -0.396 e. The molecule has 1 aliphatic carbocycles. The van der Waals surface area contributed by atoms with Gasteiger partial charge in [0.2, 0.25) is 0 Å². The summed E-state index contributed by atoms with van der Waals surface area (Å²) in [4.78, 5) is 12.3. The van der Waals surface area contributed by atoms with Crippen molar-refractivity contribution in [1.29, 1.82) is 0 Å². The Morgan fingerprint density at radius 3 is 2.75 bits per heavy atom. The molecule has 1 aromatic rings. The van der Waals surface area contributed by atoms with Gasteiger partial charge in [0, 0.05) is 19.7 Å². The number of aromatic nitrogens is 2. The standard InChI is InChI=1S/C17H27F2N3O2/c1-11(2)9-22-15(16(18)19)14(8-21-22)17(24)20-7-12-4-3-5-13(6-12)10-23/h8,11-13,16,23H,3-7,9-10H2,1-2H3,(H,20,24)/t12-,13+/m0/s1. The average Bonchev–Trinajstić information content (AvgIpc) is 2.96. The van der Waals surface area contributed by atoms with Crippen LogP contribution >= 0.6 is 0 Å². The Kier molecular flexibility index (Phi) is 6.71. The van der Waals surface area contributed by atoms with Gasteiger partial charge in [-0.1, -0.05) is 20.3 Å². The zero-order chi connectivity index (χ0) is 17.7. The monoisotopic (exact) mass is 343 g/mol. The highest BCUT2D eigenvalue weighted by molar-refractivity contribution is 5.95. The molecule has 1 saturated carbocycles. The van der Waals surface area contributed by atoms with Crippen molar-refractivity contribution in [3.8, 4) is 0 Å². The summed E-state index contributed by atoms with van der Waals surface area (Å²) >= 11 is 0. The van der Waals surface area contributed by atoms with Gasteiger partial charge in [0.25, 0.3) is 12.3 Å². The van der Waals surface area contributed by atoms with E-state index in [9.17, 15) is 18.7 Å². The number of halogens is 2. The van der Waals surface area contributed by atoms with Gasteiger partial charge in [0.05, 0.1) is 11.8 Å². The molecule has 2 rings (SSSR count). The Bertz CT molecular complexity index is 546. The van der Waals surface area contributed by atoms with Crippen LogP contribution in [0.2, 0.25) is 0 Å². The molecule has 1 aromatic heterocycles. The first kappa shape index (κ1) is 18.8. The maximum atomic E-state index is 13.4. The van der Waals surface area contributed by atoms with E-state index in [1.807, 2.05) is 13.8 Å². The molecule has 2 N–H and O–H groups in total. The summed E-state index contributed by atoms with van der Waals surface area (Å²) in [6.07, 6.45) is 2.39. The number of aliphatic hydroxyl groups excluding tert-OH is 1. The largest absolute Gasteiger partial charge is 0.396 e. The Morgan fingerprint density at radius 1 is 1.42 bits per heavy atom. The first-order valence-corrected chi connectivity index (χ1v) is 8.65. The van der Waals surface area contributed by atoms with Gasteiger partial charge in [-0.25, -0.2) is 8.78 Å². The second-order valence-corrected chi connectivity index (χ2v) is 7.11. The molecule has 2 atom stereocenters. The van der Waals surface area contributed by atoms with Crippen LogP contribution in [0.15, 0.2) is 6.20 Å². The number of hydrogen-bond acceptors (Lipinski definition) is 3. The lowest BCUT2D eigenvalue weighted by molar-refractivity contribution is 0.0916. The molecule has 7 heteroatoms. The average molecular weight is 343 g/mol. The van der Waals surface area contributed by atoms with E-state index < -0.39 is 12.3 Å². The quantitative estimate of drug-likeness (QED) is 0.800. The van der Waals surface area contributed by atoms with Crippen molar-refractivity contribution in [2.45, 2.75) is 52.5 Å². The van der Waals surface area contributed by atoms with Crippen molar-refractivity contribution in [3.63, 3.8) is 0 Å². The second-order valence-electron chi connectivity index (χ2n) is 7.11. The van der Waals surface area contributed by atoms with Gasteiger partial charge in [-0.15, -0.1) is 0 Å². The molecule has 136 valence electrons. The summed E-state index contributed by atoms with van der Waals surface area (Å²) < 4.78 is 27.9. The first-order chi connectivity index (χ1) is 11.4. The number of hydrogen-bond donors (Lipinski definition) is 2. The fourth-order valence-corrected chi connectivity index (χ4v) is 3.38. The van der Waals surface area contributed by atoms with Gasteiger partial charge in [0.1, 0.15) is 5.69 Å². The van der Waals surface area contributed by atoms with Gasteiger partial charge in [-0.05, 0) is 37.0 Å². The van der Waals surface area contributed by atoms with Crippen LogP contribution in [-0.4, -0.2) is 33.9 Å². The number of carbonyl (C=O) groups excluding carboxylic acids is 1. The van der Waals surface area contributed by atoms with E-state index in [2.05, 4.69) is 10.4 Å². The zero-order valence-corrected chi connectivity index (χ0v) is 14.3. The van der Waals surface area contributed by atoms with Crippen molar-refractivity contribution < 1.29 is 18.7 Å². The molecule has 1 aliphatic rings. The highest BCUT2D eigenvalue weighted by Crippen LogP contribution is 2.28. The predicted molar refractivity (Wildman–Crippen MR) is 86.9 cm³/mol. The van der Waals surface area contributed by atoms with E-state index in [1.165, 1.54) is 10.9 Å². The lowest BCUT2D eigenvalue weighted by Crippen LogP contribution is -2.32. The van der Waals surface area contributed by atoms with Crippen molar-refractivity contribution in [3.05, 3.63) is 17.5 Å². The normalized spacial score (nSPS) is 21.5. The summed E-state index contributed by atoms with van der Waals surface area (Å²) in [6, 6.07) is 0. The number of alkyl halides is 2. The van der Waals surface area contributed by atoms with Gasteiger partial charge >= 0.3 is 0 Å². The van der Waals surface area contributed by atoms with E-state index in [0.29, 0.717) is 19.0 Å². The Balaban J connectivity index is 2.00. The molecular weight excluding hydrogens is 316 g/mol. The fourth-order valence-electron chi connectivity index (χ4n) is 3.38. The summed E-state index contributed by atoms with van der Waals surface area (Å²) in [6.45, 7) is 4.80. The van der Waals surface area contributed by atoms with Crippen LogP contribution in [0.25, 0.3) is 0 Å². The lowest BCUT2D eigenvalue weighted by atomic mass is 9.82. The van der Waals surface area contributed by atoms with Crippen LogP contribution in [0.1, 0.15) is 62.0 Å². The third kappa shape index (κ3) is 4.75. The predicted octanol–water partition coefficient (Wildman–Crippen LogP) is 3.01. The van der Waals surface area contributed by atoms with Crippen molar-refractivity contribution in [2.24, 2.45) is 17.8 Å². The third-order valence-corrected chi connectivity index (χ3v) is 4.57. The molecule has 0 aromatic carbocycles. The number of nitrogens with zero attached hydrogens (tertiary/aromatic N) is 2. The molecule has 0 saturated heterocycles. The number of rotatable bonds is 7. The topological polar surface area (TPSA) is 67.2 Å². The molecule has 0 unspecified atom stereocenters. The van der Waals surface area contributed by atoms with Crippen molar-refractivity contribution in [2.75, 3.05) is 13.2 Å². The van der Waals surface area contributed by atoms with Crippen LogP contribution in [-0.2, 0) is 6.54 Å². The summed E-state index contributed by atoms with van der Waals surface area (Å²) in [5.41, 5.74) is -0.349. The highest BCUT2D eigenvalue weighted by atomic mass is 19.3.